The maximum absolute atomic E-state index is 12.9. The molecule has 0 aliphatic heterocycles. The Hall–Kier alpha value is -1.65. The summed E-state index contributed by atoms with van der Waals surface area (Å²) in [7, 11) is 0. The molecular formula is C16H20FNO2. The van der Waals surface area contributed by atoms with Crippen molar-refractivity contribution in [2.75, 3.05) is 13.1 Å². The lowest BCUT2D eigenvalue weighted by molar-refractivity contribution is 0.0342. The maximum Gasteiger partial charge on any atom is 0.136 e. The Labute approximate surface area is 118 Å². The van der Waals surface area contributed by atoms with E-state index < -0.39 is 5.60 Å². The first-order valence-corrected chi connectivity index (χ1v) is 6.71. The maximum atomic E-state index is 12.9. The number of benzene rings is 1. The number of nitrogens with one attached hydrogen (secondary N) is 1. The number of rotatable bonds is 6. The van der Waals surface area contributed by atoms with Crippen LogP contribution in [-0.4, -0.2) is 18.2 Å². The molecule has 0 spiro atoms. The van der Waals surface area contributed by atoms with Crippen molar-refractivity contribution in [3.05, 3.63) is 59.8 Å². The van der Waals surface area contributed by atoms with E-state index in [9.17, 15) is 9.50 Å². The molecular weight excluding hydrogens is 257 g/mol. The molecule has 0 amide bonds. The van der Waals surface area contributed by atoms with Crippen LogP contribution in [0.1, 0.15) is 31.1 Å². The topological polar surface area (TPSA) is 45.4 Å². The molecule has 108 valence electrons. The zero-order valence-electron chi connectivity index (χ0n) is 11.8. The van der Waals surface area contributed by atoms with E-state index in [0.717, 1.165) is 5.56 Å². The molecule has 2 aromatic rings. The Morgan fingerprint density at radius 2 is 2.00 bits per heavy atom. The Bertz CT molecular complexity index is 520. The van der Waals surface area contributed by atoms with E-state index >= 15 is 0 Å². The minimum Gasteiger partial charge on any atom is -0.466 e. The van der Waals surface area contributed by atoms with Gasteiger partial charge in [0.15, 0.2) is 0 Å². The summed E-state index contributed by atoms with van der Waals surface area (Å²) >= 11 is 0. The fourth-order valence-electron chi connectivity index (χ4n) is 2.11. The van der Waals surface area contributed by atoms with E-state index in [4.69, 9.17) is 4.42 Å². The summed E-state index contributed by atoms with van der Waals surface area (Å²) in [6.45, 7) is 4.86. The first kappa shape index (κ1) is 14.8. The highest BCUT2D eigenvalue weighted by Gasteiger charge is 2.25. The molecule has 2 rings (SSSR count). The number of hydrogen-bond donors (Lipinski definition) is 2. The summed E-state index contributed by atoms with van der Waals surface area (Å²) < 4.78 is 18.1. The van der Waals surface area contributed by atoms with Gasteiger partial charge in [0, 0.05) is 13.1 Å². The lowest BCUT2D eigenvalue weighted by Crippen LogP contribution is -2.36. The van der Waals surface area contributed by atoms with Crippen molar-refractivity contribution in [2.45, 2.75) is 25.4 Å². The normalized spacial score (nSPS) is 15.8. The lowest BCUT2D eigenvalue weighted by Gasteiger charge is -2.22. The number of furan rings is 1. The molecule has 0 radical (unpaired) electrons. The highest BCUT2D eigenvalue weighted by molar-refractivity contribution is 5.20. The van der Waals surface area contributed by atoms with E-state index in [2.05, 4.69) is 12.2 Å². The van der Waals surface area contributed by atoms with Crippen LogP contribution in [0.2, 0.25) is 0 Å². The SMILES string of the molecule is C[C@@H](CNC[C@@](C)(O)c1ccco1)c1ccc(F)cc1. The summed E-state index contributed by atoms with van der Waals surface area (Å²) in [6, 6.07) is 10.0. The number of hydrogen-bond acceptors (Lipinski definition) is 3. The fourth-order valence-corrected chi connectivity index (χ4v) is 2.11. The molecule has 1 aromatic carbocycles. The lowest BCUT2D eigenvalue weighted by atomic mass is 10.00. The van der Waals surface area contributed by atoms with Gasteiger partial charge in [-0.15, -0.1) is 0 Å². The van der Waals surface area contributed by atoms with Crippen molar-refractivity contribution < 1.29 is 13.9 Å². The van der Waals surface area contributed by atoms with Crippen LogP contribution in [0, 0.1) is 5.82 Å². The van der Waals surface area contributed by atoms with E-state index in [-0.39, 0.29) is 11.7 Å². The summed E-state index contributed by atoms with van der Waals surface area (Å²) in [5.74, 6) is 0.553. The van der Waals surface area contributed by atoms with Crippen molar-refractivity contribution in [2.24, 2.45) is 0 Å². The molecule has 2 atom stereocenters. The summed E-state index contributed by atoms with van der Waals surface area (Å²) in [6.07, 6.45) is 1.55. The van der Waals surface area contributed by atoms with Crippen LogP contribution in [-0.2, 0) is 5.60 Å². The molecule has 0 saturated heterocycles. The molecule has 1 heterocycles. The molecule has 4 heteroatoms. The number of aliphatic hydroxyl groups is 1. The van der Waals surface area contributed by atoms with Gasteiger partial charge in [0.05, 0.1) is 6.26 Å². The zero-order chi connectivity index (χ0) is 14.6. The van der Waals surface area contributed by atoms with Gasteiger partial charge in [0.1, 0.15) is 17.2 Å². The van der Waals surface area contributed by atoms with Gasteiger partial charge >= 0.3 is 0 Å². The Morgan fingerprint density at radius 1 is 1.30 bits per heavy atom. The fraction of sp³-hybridized carbons (Fsp3) is 0.375. The van der Waals surface area contributed by atoms with Crippen LogP contribution in [0.25, 0.3) is 0 Å². The van der Waals surface area contributed by atoms with Crippen LogP contribution in [0.3, 0.4) is 0 Å². The molecule has 0 fully saturated rings. The average molecular weight is 277 g/mol. The van der Waals surface area contributed by atoms with E-state index in [0.29, 0.717) is 18.8 Å². The Kier molecular flexibility index (Phi) is 4.57. The van der Waals surface area contributed by atoms with Gasteiger partial charge in [-0.1, -0.05) is 19.1 Å². The third-order valence-electron chi connectivity index (χ3n) is 3.41. The van der Waals surface area contributed by atoms with Gasteiger partial charge in [0.2, 0.25) is 0 Å². The standard InChI is InChI=1S/C16H20FNO2/c1-12(13-5-7-14(17)8-6-13)10-18-11-16(2,19)15-4-3-9-20-15/h3-9,12,18-19H,10-11H2,1-2H3/t12-,16+/m0/s1. The zero-order valence-corrected chi connectivity index (χ0v) is 11.8. The second-order valence-electron chi connectivity index (χ2n) is 5.33. The number of halogens is 1. The van der Waals surface area contributed by atoms with E-state index in [1.807, 2.05) is 0 Å². The summed E-state index contributed by atoms with van der Waals surface area (Å²) in [5.41, 5.74) is 0.0305. The van der Waals surface area contributed by atoms with Gasteiger partial charge in [0.25, 0.3) is 0 Å². The highest BCUT2D eigenvalue weighted by Crippen LogP contribution is 2.20. The van der Waals surface area contributed by atoms with Crippen LogP contribution < -0.4 is 5.32 Å². The minimum absolute atomic E-state index is 0.227. The second-order valence-corrected chi connectivity index (χ2v) is 5.33. The van der Waals surface area contributed by atoms with Gasteiger partial charge in [-0.3, -0.25) is 0 Å². The smallest absolute Gasteiger partial charge is 0.136 e. The molecule has 0 aliphatic carbocycles. The summed E-state index contributed by atoms with van der Waals surface area (Å²) in [4.78, 5) is 0. The van der Waals surface area contributed by atoms with E-state index in [1.54, 1.807) is 37.5 Å². The van der Waals surface area contributed by atoms with Crippen LogP contribution in [0.5, 0.6) is 0 Å². The van der Waals surface area contributed by atoms with Crippen LogP contribution >= 0.6 is 0 Å². The second kappa shape index (κ2) is 6.20. The van der Waals surface area contributed by atoms with Crippen molar-refractivity contribution in [3.63, 3.8) is 0 Å². The Morgan fingerprint density at radius 3 is 2.60 bits per heavy atom. The largest absolute Gasteiger partial charge is 0.466 e. The predicted octanol–water partition coefficient (Wildman–Crippen LogP) is 3.02. The third kappa shape index (κ3) is 3.68. The first-order chi connectivity index (χ1) is 9.49. The molecule has 2 N–H and O–H groups in total. The van der Waals surface area contributed by atoms with Gasteiger partial charge in [-0.05, 0) is 42.7 Å². The van der Waals surface area contributed by atoms with Crippen molar-refractivity contribution >= 4 is 0 Å². The molecule has 0 saturated carbocycles. The molecule has 0 unspecified atom stereocenters. The van der Waals surface area contributed by atoms with E-state index in [1.165, 1.54) is 12.1 Å². The summed E-state index contributed by atoms with van der Waals surface area (Å²) in [5, 5.41) is 13.5. The minimum atomic E-state index is -1.04. The monoisotopic (exact) mass is 277 g/mol. The van der Waals surface area contributed by atoms with Crippen molar-refractivity contribution in [1.29, 1.82) is 0 Å². The quantitative estimate of drug-likeness (QED) is 0.853. The van der Waals surface area contributed by atoms with Crippen LogP contribution in [0.15, 0.2) is 47.1 Å². The third-order valence-corrected chi connectivity index (χ3v) is 3.41. The molecule has 0 bridgehead atoms. The average Bonchev–Trinajstić information content (AvgIpc) is 2.94. The molecule has 0 aliphatic rings. The molecule has 1 aromatic heterocycles. The first-order valence-electron chi connectivity index (χ1n) is 6.71. The molecule has 20 heavy (non-hydrogen) atoms. The van der Waals surface area contributed by atoms with Crippen LogP contribution in [0.4, 0.5) is 4.39 Å². The van der Waals surface area contributed by atoms with Gasteiger partial charge in [-0.2, -0.15) is 0 Å². The predicted molar refractivity (Wildman–Crippen MR) is 76.0 cm³/mol. The van der Waals surface area contributed by atoms with Crippen molar-refractivity contribution in [1.82, 2.24) is 5.32 Å². The van der Waals surface area contributed by atoms with Crippen molar-refractivity contribution in [3.8, 4) is 0 Å². The highest BCUT2D eigenvalue weighted by atomic mass is 19.1. The molecule has 3 nitrogen and oxygen atoms in total. The Balaban J connectivity index is 1.85. The van der Waals surface area contributed by atoms with Gasteiger partial charge < -0.3 is 14.8 Å². The van der Waals surface area contributed by atoms with Gasteiger partial charge in [-0.25, -0.2) is 4.39 Å².